The predicted octanol–water partition coefficient (Wildman–Crippen LogP) is 3.00. The Balaban J connectivity index is 1.43. The van der Waals surface area contributed by atoms with Gasteiger partial charge in [-0.3, -0.25) is 4.79 Å². The zero-order chi connectivity index (χ0) is 21.3. The fraction of sp³-hybridized carbons (Fsp3) is 0.273. The highest BCUT2D eigenvalue weighted by Crippen LogP contribution is 2.22. The Kier molecular flexibility index (Phi) is 5.44. The first kappa shape index (κ1) is 20.3. The van der Waals surface area contributed by atoms with Gasteiger partial charge in [0.05, 0.1) is 10.5 Å². The SMILES string of the molecule is Cn1cc(C(=O)OCC(=O)c2ccc(S(=O)(=O)N3CCCC3)cc2)c2ccccc21. The van der Waals surface area contributed by atoms with Crippen molar-refractivity contribution in [2.45, 2.75) is 17.7 Å². The van der Waals surface area contributed by atoms with E-state index in [-0.39, 0.29) is 4.90 Å². The summed E-state index contributed by atoms with van der Waals surface area (Å²) in [4.78, 5) is 25.1. The molecule has 30 heavy (non-hydrogen) atoms. The van der Waals surface area contributed by atoms with E-state index in [1.165, 1.54) is 28.6 Å². The van der Waals surface area contributed by atoms with Gasteiger partial charge in [-0.1, -0.05) is 18.2 Å². The molecule has 1 aliphatic heterocycles. The van der Waals surface area contributed by atoms with E-state index < -0.39 is 28.4 Å². The number of Topliss-reactive ketones (excluding diaryl/α,β-unsaturated/α-hetero) is 1. The van der Waals surface area contributed by atoms with Crippen molar-refractivity contribution in [2.75, 3.05) is 19.7 Å². The molecule has 2 aromatic carbocycles. The second-order valence-corrected chi connectivity index (χ2v) is 9.24. The van der Waals surface area contributed by atoms with Gasteiger partial charge in [0.1, 0.15) is 0 Å². The highest BCUT2D eigenvalue weighted by atomic mass is 32.2. The number of hydrogen-bond donors (Lipinski definition) is 0. The summed E-state index contributed by atoms with van der Waals surface area (Å²) in [5.74, 6) is -0.970. The van der Waals surface area contributed by atoms with E-state index in [1.807, 2.05) is 35.9 Å². The Hall–Kier alpha value is -2.97. The van der Waals surface area contributed by atoms with Gasteiger partial charge in [0.25, 0.3) is 0 Å². The molecule has 1 saturated heterocycles. The van der Waals surface area contributed by atoms with Crippen LogP contribution < -0.4 is 0 Å². The standard InChI is InChI=1S/C22H22N2O5S/c1-23-14-19(18-6-2-3-7-20(18)23)22(26)29-15-21(25)16-8-10-17(11-9-16)30(27,28)24-12-4-5-13-24/h2-3,6-11,14H,4-5,12-13,15H2,1H3. The maximum Gasteiger partial charge on any atom is 0.340 e. The molecule has 4 rings (SSSR count). The average molecular weight is 426 g/mol. The van der Waals surface area contributed by atoms with E-state index >= 15 is 0 Å². The predicted molar refractivity (Wildman–Crippen MR) is 112 cm³/mol. The van der Waals surface area contributed by atoms with Crippen LogP contribution in [-0.4, -0.2) is 48.7 Å². The van der Waals surface area contributed by atoms with Crippen LogP contribution in [-0.2, 0) is 21.8 Å². The third-order valence-corrected chi connectivity index (χ3v) is 7.24. The Labute approximate surface area is 174 Å². The molecule has 0 N–H and O–H groups in total. The van der Waals surface area contributed by atoms with E-state index in [0.29, 0.717) is 24.2 Å². The maximum absolute atomic E-state index is 12.6. The minimum absolute atomic E-state index is 0.161. The fourth-order valence-corrected chi connectivity index (χ4v) is 5.20. The van der Waals surface area contributed by atoms with Crippen molar-refractivity contribution in [2.24, 2.45) is 7.05 Å². The van der Waals surface area contributed by atoms with Gasteiger partial charge in [0.2, 0.25) is 10.0 Å². The van der Waals surface area contributed by atoms with Gasteiger partial charge < -0.3 is 9.30 Å². The lowest BCUT2D eigenvalue weighted by Gasteiger charge is -2.15. The lowest BCUT2D eigenvalue weighted by Crippen LogP contribution is -2.27. The molecule has 0 saturated carbocycles. The number of carbonyl (C=O) groups is 2. The summed E-state index contributed by atoms with van der Waals surface area (Å²) < 4.78 is 33.6. The number of aryl methyl sites for hydroxylation is 1. The number of nitrogens with zero attached hydrogens (tertiary/aromatic N) is 2. The molecule has 2 heterocycles. The maximum atomic E-state index is 12.6. The molecule has 1 fully saturated rings. The van der Waals surface area contributed by atoms with Crippen LogP contribution in [0.2, 0.25) is 0 Å². The van der Waals surface area contributed by atoms with Crippen molar-refractivity contribution in [3.8, 4) is 0 Å². The quantitative estimate of drug-likeness (QED) is 0.447. The molecule has 1 aliphatic rings. The normalized spacial score (nSPS) is 14.8. The van der Waals surface area contributed by atoms with Gasteiger partial charge in [-0.2, -0.15) is 4.31 Å². The molecule has 0 aliphatic carbocycles. The highest BCUT2D eigenvalue weighted by Gasteiger charge is 2.27. The van der Waals surface area contributed by atoms with Gasteiger partial charge in [0, 0.05) is 42.8 Å². The summed E-state index contributed by atoms with van der Waals surface area (Å²) in [6.07, 6.45) is 3.39. The lowest BCUT2D eigenvalue weighted by atomic mass is 10.1. The fourth-order valence-electron chi connectivity index (χ4n) is 3.69. The molecule has 7 nitrogen and oxygen atoms in total. The molecular weight excluding hydrogens is 404 g/mol. The van der Waals surface area contributed by atoms with Crippen LogP contribution in [0.1, 0.15) is 33.6 Å². The molecule has 0 bridgehead atoms. The average Bonchev–Trinajstić information content (AvgIpc) is 3.41. The number of para-hydroxylation sites is 1. The summed E-state index contributed by atoms with van der Waals surface area (Å²) in [5, 5.41) is 0.758. The summed E-state index contributed by atoms with van der Waals surface area (Å²) >= 11 is 0. The van der Waals surface area contributed by atoms with E-state index in [0.717, 1.165) is 23.7 Å². The number of ketones is 1. The van der Waals surface area contributed by atoms with Crippen LogP contribution in [0.25, 0.3) is 10.9 Å². The number of carbonyl (C=O) groups excluding carboxylic acids is 2. The second-order valence-electron chi connectivity index (χ2n) is 7.31. The van der Waals surface area contributed by atoms with E-state index in [9.17, 15) is 18.0 Å². The summed E-state index contributed by atoms with van der Waals surface area (Å²) in [6, 6.07) is 13.2. The number of fused-ring (bicyclic) bond motifs is 1. The van der Waals surface area contributed by atoms with E-state index in [1.54, 1.807) is 6.20 Å². The van der Waals surface area contributed by atoms with Gasteiger partial charge in [0.15, 0.2) is 12.4 Å². The van der Waals surface area contributed by atoms with Crippen molar-refractivity contribution < 1.29 is 22.7 Å². The van der Waals surface area contributed by atoms with Crippen molar-refractivity contribution in [1.82, 2.24) is 8.87 Å². The lowest BCUT2D eigenvalue weighted by molar-refractivity contribution is 0.0476. The minimum Gasteiger partial charge on any atom is -0.454 e. The van der Waals surface area contributed by atoms with Crippen LogP contribution in [0.3, 0.4) is 0 Å². The monoisotopic (exact) mass is 426 g/mol. The summed E-state index contributed by atoms with van der Waals surface area (Å²) in [7, 11) is -1.69. The number of sulfonamides is 1. The number of esters is 1. The van der Waals surface area contributed by atoms with Crippen molar-refractivity contribution in [3.63, 3.8) is 0 Å². The number of hydrogen-bond acceptors (Lipinski definition) is 5. The first-order chi connectivity index (χ1) is 14.4. The zero-order valence-electron chi connectivity index (χ0n) is 16.6. The van der Waals surface area contributed by atoms with Crippen LogP contribution in [0.15, 0.2) is 59.6 Å². The molecule has 1 aromatic heterocycles. The van der Waals surface area contributed by atoms with E-state index in [4.69, 9.17) is 4.74 Å². The van der Waals surface area contributed by atoms with Crippen molar-refractivity contribution in [3.05, 3.63) is 65.9 Å². The van der Waals surface area contributed by atoms with Crippen molar-refractivity contribution >= 4 is 32.7 Å². The van der Waals surface area contributed by atoms with Crippen LogP contribution in [0, 0.1) is 0 Å². The highest BCUT2D eigenvalue weighted by molar-refractivity contribution is 7.89. The Bertz CT molecular complexity index is 1210. The minimum atomic E-state index is -3.53. The number of ether oxygens (including phenoxy) is 1. The van der Waals surface area contributed by atoms with Gasteiger partial charge in [-0.15, -0.1) is 0 Å². The molecule has 8 heteroatoms. The first-order valence-electron chi connectivity index (χ1n) is 9.72. The topological polar surface area (TPSA) is 85.7 Å². The Morgan fingerprint density at radius 1 is 1.00 bits per heavy atom. The molecule has 0 radical (unpaired) electrons. The number of rotatable bonds is 6. The first-order valence-corrected chi connectivity index (χ1v) is 11.2. The third kappa shape index (κ3) is 3.76. The zero-order valence-corrected chi connectivity index (χ0v) is 17.4. The Morgan fingerprint density at radius 3 is 2.37 bits per heavy atom. The van der Waals surface area contributed by atoms with Crippen LogP contribution in [0.5, 0.6) is 0 Å². The molecule has 156 valence electrons. The van der Waals surface area contributed by atoms with E-state index in [2.05, 4.69) is 0 Å². The molecule has 0 atom stereocenters. The number of benzene rings is 2. The molecule has 0 unspecified atom stereocenters. The Morgan fingerprint density at radius 2 is 1.67 bits per heavy atom. The van der Waals surface area contributed by atoms with Crippen LogP contribution >= 0.6 is 0 Å². The molecule has 0 amide bonds. The molecule has 3 aromatic rings. The molecule has 0 spiro atoms. The largest absolute Gasteiger partial charge is 0.454 e. The third-order valence-electron chi connectivity index (χ3n) is 5.33. The van der Waals surface area contributed by atoms with Gasteiger partial charge in [-0.05, 0) is 43.2 Å². The second kappa shape index (κ2) is 8.04. The van der Waals surface area contributed by atoms with Crippen LogP contribution in [0.4, 0.5) is 0 Å². The smallest absolute Gasteiger partial charge is 0.340 e. The molecular formula is C22H22N2O5S. The number of aromatic nitrogens is 1. The van der Waals surface area contributed by atoms with Crippen molar-refractivity contribution in [1.29, 1.82) is 0 Å². The summed E-state index contributed by atoms with van der Waals surface area (Å²) in [6.45, 7) is 0.626. The van der Waals surface area contributed by atoms with Gasteiger partial charge in [-0.25, -0.2) is 13.2 Å². The summed E-state index contributed by atoms with van der Waals surface area (Å²) in [5.41, 5.74) is 1.58. The van der Waals surface area contributed by atoms with Gasteiger partial charge >= 0.3 is 5.97 Å².